The van der Waals surface area contributed by atoms with Gasteiger partial charge in [0.25, 0.3) is 0 Å². The molecule has 2 N–H and O–H groups in total. The van der Waals surface area contributed by atoms with Gasteiger partial charge in [-0.15, -0.1) is 0 Å². The van der Waals surface area contributed by atoms with Crippen molar-refractivity contribution in [2.24, 2.45) is 7.05 Å². The number of pyridine rings is 1. The summed E-state index contributed by atoms with van der Waals surface area (Å²) in [7, 11) is 1.81. The highest BCUT2D eigenvalue weighted by atomic mass is 16.4. The molecule has 0 aliphatic carbocycles. The summed E-state index contributed by atoms with van der Waals surface area (Å²) in [4.78, 5) is 31.9. The predicted molar refractivity (Wildman–Crippen MR) is 113 cm³/mol. The average molecular weight is 419 g/mol. The molecule has 158 valence electrons. The monoisotopic (exact) mass is 419 g/mol. The molecule has 0 amide bonds. The summed E-state index contributed by atoms with van der Waals surface area (Å²) >= 11 is 0. The third-order valence-corrected chi connectivity index (χ3v) is 5.68. The topological polar surface area (TPSA) is 123 Å². The molecule has 2 aromatic heterocycles. The number of carboxylic acids is 2. The molecule has 31 heavy (non-hydrogen) atoms. The van der Waals surface area contributed by atoms with Crippen molar-refractivity contribution in [1.29, 1.82) is 5.26 Å². The lowest BCUT2D eigenvalue weighted by molar-refractivity contribution is -0.143. The summed E-state index contributed by atoms with van der Waals surface area (Å²) in [6.07, 6.45) is 3.40. The second-order valence-corrected chi connectivity index (χ2v) is 7.48. The summed E-state index contributed by atoms with van der Waals surface area (Å²) < 4.78 is 1.82. The van der Waals surface area contributed by atoms with Gasteiger partial charge in [-0.05, 0) is 30.3 Å². The number of aromatic carboxylic acids is 1. The Kier molecular flexibility index (Phi) is 5.31. The van der Waals surface area contributed by atoms with Gasteiger partial charge < -0.3 is 19.7 Å². The van der Waals surface area contributed by atoms with Crippen LogP contribution in [0, 0.1) is 11.3 Å². The van der Waals surface area contributed by atoms with E-state index in [-0.39, 0.29) is 5.56 Å². The lowest BCUT2D eigenvalue weighted by atomic mass is 10.0. The van der Waals surface area contributed by atoms with Gasteiger partial charge in [0.05, 0.1) is 11.1 Å². The fourth-order valence-corrected chi connectivity index (χ4v) is 4.19. The van der Waals surface area contributed by atoms with Crippen LogP contribution in [0.3, 0.4) is 0 Å². The first kappa shape index (κ1) is 20.4. The van der Waals surface area contributed by atoms with Gasteiger partial charge in [-0.2, -0.15) is 5.26 Å². The number of nitriles is 1. The molecule has 0 spiro atoms. The number of aromatic nitrogens is 2. The van der Waals surface area contributed by atoms with E-state index in [4.69, 9.17) is 0 Å². The second-order valence-electron chi connectivity index (χ2n) is 7.48. The van der Waals surface area contributed by atoms with Gasteiger partial charge in [0.2, 0.25) is 0 Å². The maximum absolute atomic E-state index is 12.3. The molecule has 9 nitrogen and oxygen atoms in total. The first-order valence-electron chi connectivity index (χ1n) is 9.80. The highest BCUT2D eigenvalue weighted by Crippen LogP contribution is 2.32. The minimum Gasteiger partial charge on any atom is -0.480 e. The van der Waals surface area contributed by atoms with Gasteiger partial charge in [0, 0.05) is 62.1 Å². The molecule has 0 saturated carbocycles. The zero-order chi connectivity index (χ0) is 22.1. The number of benzene rings is 1. The van der Waals surface area contributed by atoms with Crippen LogP contribution in [0.25, 0.3) is 10.9 Å². The molecule has 0 unspecified atom stereocenters. The van der Waals surface area contributed by atoms with Crippen molar-refractivity contribution in [2.75, 3.05) is 31.1 Å². The maximum Gasteiger partial charge on any atom is 0.335 e. The molecule has 1 aliphatic heterocycles. The van der Waals surface area contributed by atoms with Crippen LogP contribution >= 0.6 is 0 Å². The van der Waals surface area contributed by atoms with Crippen molar-refractivity contribution in [1.82, 2.24) is 14.5 Å². The van der Waals surface area contributed by atoms with E-state index in [0.29, 0.717) is 48.5 Å². The van der Waals surface area contributed by atoms with E-state index >= 15 is 0 Å². The van der Waals surface area contributed by atoms with E-state index in [1.54, 1.807) is 30.6 Å². The quantitative estimate of drug-likeness (QED) is 0.645. The van der Waals surface area contributed by atoms with Crippen molar-refractivity contribution in [3.63, 3.8) is 0 Å². The molecule has 1 saturated heterocycles. The molecule has 3 heterocycles. The van der Waals surface area contributed by atoms with Crippen LogP contribution in [0.15, 0.2) is 42.7 Å². The van der Waals surface area contributed by atoms with Crippen LogP contribution < -0.4 is 4.90 Å². The summed E-state index contributed by atoms with van der Waals surface area (Å²) in [6.45, 7) is 1.99. The number of aryl methyl sites for hydroxylation is 1. The highest BCUT2D eigenvalue weighted by Gasteiger charge is 2.33. The number of piperazine rings is 1. The third-order valence-electron chi connectivity index (χ3n) is 5.68. The molecule has 4 rings (SSSR count). The van der Waals surface area contributed by atoms with Gasteiger partial charge in [-0.25, -0.2) is 9.78 Å². The van der Waals surface area contributed by atoms with Crippen LogP contribution in [-0.2, 0) is 11.8 Å². The van der Waals surface area contributed by atoms with Crippen LogP contribution in [0.5, 0.6) is 0 Å². The molecular weight excluding hydrogens is 398 g/mol. The number of nitrogens with zero attached hydrogens (tertiary/aromatic N) is 5. The Morgan fingerprint density at radius 2 is 1.90 bits per heavy atom. The molecular formula is C22H21N5O4. The number of aliphatic carboxylic acids is 1. The molecule has 9 heteroatoms. The summed E-state index contributed by atoms with van der Waals surface area (Å²) in [6, 6.07) is 9.41. The van der Waals surface area contributed by atoms with Crippen LogP contribution in [0.1, 0.15) is 27.5 Å². The van der Waals surface area contributed by atoms with Crippen molar-refractivity contribution < 1.29 is 19.8 Å². The van der Waals surface area contributed by atoms with Gasteiger partial charge in [-0.1, -0.05) is 0 Å². The molecule has 1 atom stereocenters. The standard InChI is InChI=1S/C22H21N5O4/c1-25-13-17(16-11-14(21(28)29)4-5-18(16)25)19(22(30)31)26-7-9-27(10-8-26)20-15(12-23)3-2-6-24-20/h2-6,11,13,19H,7-10H2,1H3,(H,28,29)(H,30,31)/t19-/m1/s1. The van der Waals surface area contributed by atoms with Gasteiger partial charge in [0.1, 0.15) is 17.9 Å². The number of rotatable bonds is 5. The van der Waals surface area contributed by atoms with Crippen LogP contribution in [-0.4, -0.2) is 62.8 Å². The fraction of sp³-hybridized carbons (Fsp3) is 0.273. The van der Waals surface area contributed by atoms with Crippen molar-refractivity contribution in [2.45, 2.75) is 6.04 Å². The van der Waals surface area contributed by atoms with E-state index in [2.05, 4.69) is 11.1 Å². The van der Waals surface area contributed by atoms with Crippen molar-refractivity contribution >= 4 is 28.7 Å². The van der Waals surface area contributed by atoms with Gasteiger partial charge in [-0.3, -0.25) is 9.69 Å². The summed E-state index contributed by atoms with van der Waals surface area (Å²) in [5, 5.41) is 29.4. The molecule has 1 fully saturated rings. The number of hydrogen-bond acceptors (Lipinski definition) is 6. The number of carbonyl (C=O) groups is 2. The number of carboxylic acid groups (broad SMARTS) is 2. The fourth-order valence-electron chi connectivity index (χ4n) is 4.19. The van der Waals surface area contributed by atoms with E-state index < -0.39 is 18.0 Å². The smallest absolute Gasteiger partial charge is 0.335 e. The Morgan fingerprint density at radius 3 is 2.55 bits per heavy atom. The van der Waals surface area contributed by atoms with Gasteiger partial charge in [0.15, 0.2) is 0 Å². The molecule has 0 bridgehead atoms. The Labute approximate surface area is 178 Å². The van der Waals surface area contributed by atoms with Crippen LogP contribution in [0.2, 0.25) is 0 Å². The number of anilines is 1. The van der Waals surface area contributed by atoms with Crippen LogP contribution in [0.4, 0.5) is 5.82 Å². The third kappa shape index (κ3) is 3.69. The number of fused-ring (bicyclic) bond motifs is 1. The lowest BCUT2D eigenvalue weighted by Gasteiger charge is -2.38. The van der Waals surface area contributed by atoms with Crippen molar-refractivity contribution in [3.05, 3.63) is 59.4 Å². The van der Waals surface area contributed by atoms with Gasteiger partial charge >= 0.3 is 11.9 Å². The Bertz CT molecular complexity index is 1200. The SMILES string of the molecule is Cn1cc([C@H](C(=O)O)N2CCN(c3ncccc3C#N)CC2)c2cc(C(=O)O)ccc21. The van der Waals surface area contributed by atoms with E-state index in [9.17, 15) is 25.1 Å². The van der Waals surface area contributed by atoms with Crippen molar-refractivity contribution in [3.8, 4) is 6.07 Å². The zero-order valence-electron chi connectivity index (χ0n) is 16.9. The number of hydrogen-bond donors (Lipinski definition) is 2. The minimum absolute atomic E-state index is 0.119. The zero-order valence-corrected chi connectivity index (χ0v) is 16.9. The average Bonchev–Trinajstić information content (AvgIpc) is 3.09. The molecule has 0 radical (unpaired) electrons. The normalized spacial score (nSPS) is 15.5. The van der Waals surface area contributed by atoms with E-state index in [1.807, 2.05) is 21.4 Å². The maximum atomic E-state index is 12.3. The predicted octanol–water partition coefficient (Wildman–Crippen LogP) is 2.09. The second kappa shape index (κ2) is 8.08. The Hall–Kier alpha value is -3.90. The lowest BCUT2D eigenvalue weighted by Crippen LogP contribution is -2.49. The molecule has 1 aliphatic rings. The highest BCUT2D eigenvalue weighted by molar-refractivity contribution is 5.96. The summed E-state index contributed by atoms with van der Waals surface area (Å²) in [5.74, 6) is -1.44. The first-order chi connectivity index (χ1) is 14.9. The molecule has 1 aromatic carbocycles. The molecule has 3 aromatic rings. The largest absolute Gasteiger partial charge is 0.480 e. The Balaban J connectivity index is 1.64. The van der Waals surface area contributed by atoms with E-state index in [0.717, 1.165) is 5.52 Å². The first-order valence-corrected chi connectivity index (χ1v) is 9.80. The summed E-state index contributed by atoms with van der Waals surface area (Å²) in [5.41, 5.74) is 1.95. The minimum atomic E-state index is -1.05. The Morgan fingerprint density at radius 1 is 1.16 bits per heavy atom. The van der Waals surface area contributed by atoms with E-state index in [1.165, 1.54) is 12.1 Å².